The maximum Gasteiger partial charge on any atom is 0.405 e. The number of hydrogen-bond acceptors (Lipinski definition) is 3. The van der Waals surface area contributed by atoms with Crippen molar-refractivity contribution >= 4 is 0 Å². The number of alkyl halides is 3. The highest BCUT2D eigenvalue weighted by atomic mass is 19.4. The normalized spacial score (nSPS) is 14.6. The van der Waals surface area contributed by atoms with Gasteiger partial charge in [-0.2, -0.15) is 18.4 Å². The molecule has 6 heteroatoms. The SMILES string of the molecule is CC(C)(CCO)CNCC(C#N)C(F)(F)F. The minimum Gasteiger partial charge on any atom is -0.396 e. The molecule has 0 bridgehead atoms. The minimum atomic E-state index is -4.48. The summed E-state index contributed by atoms with van der Waals surface area (Å²) in [5, 5.41) is 19.7. The summed E-state index contributed by atoms with van der Waals surface area (Å²) in [5.41, 5.74) is -0.277. The highest BCUT2D eigenvalue weighted by Crippen LogP contribution is 2.25. The van der Waals surface area contributed by atoms with Gasteiger partial charge in [-0.05, 0) is 11.8 Å². The summed E-state index contributed by atoms with van der Waals surface area (Å²) < 4.78 is 36.6. The second-order valence-electron chi connectivity index (χ2n) is 4.49. The van der Waals surface area contributed by atoms with Crippen LogP contribution in [0.2, 0.25) is 0 Å². The van der Waals surface area contributed by atoms with Crippen LogP contribution in [0.4, 0.5) is 13.2 Å². The zero-order chi connectivity index (χ0) is 12.8. The number of nitrogens with one attached hydrogen (secondary N) is 1. The third-order valence-electron chi connectivity index (χ3n) is 2.29. The third kappa shape index (κ3) is 5.93. The first-order chi connectivity index (χ1) is 7.23. The van der Waals surface area contributed by atoms with E-state index in [1.807, 2.05) is 13.8 Å². The Balaban J connectivity index is 4.03. The van der Waals surface area contributed by atoms with Crippen LogP contribution in [0.1, 0.15) is 20.3 Å². The Hall–Kier alpha value is -0.800. The van der Waals surface area contributed by atoms with Gasteiger partial charge in [-0.25, -0.2) is 0 Å². The van der Waals surface area contributed by atoms with Gasteiger partial charge in [-0.3, -0.25) is 0 Å². The zero-order valence-electron chi connectivity index (χ0n) is 9.43. The Bertz CT molecular complexity index is 245. The van der Waals surface area contributed by atoms with Crippen molar-refractivity contribution in [3.8, 4) is 6.07 Å². The van der Waals surface area contributed by atoms with Crippen LogP contribution in [0.3, 0.4) is 0 Å². The van der Waals surface area contributed by atoms with Gasteiger partial charge in [0.05, 0.1) is 6.07 Å². The molecule has 3 nitrogen and oxygen atoms in total. The summed E-state index contributed by atoms with van der Waals surface area (Å²) in [4.78, 5) is 0. The van der Waals surface area contributed by atoms with E-state index in [1.165, 1.54) is 6.07 Å². The molecule has 1 unspecified atom stereocenters. The van der Waals surface area contributed by atoms with Gasteiger partial charge in [-0.15, -0.1) is 0 Å². The van der Waals surface area contributed by atoms with Crippen molar-refractivity contribution in [3.63, 3.8) is 0 Å². The van der Waals surface area contributed by atoms with Crippen molar-refractivity contribution in [3.05, 3.63) is 0 Å². The molecule has 0 aromatic carbocycles. The summed E-state index contributed by atoms with van der Waals surface area (Å²) in [6.07, 6.45) is -3.98. The monoisotopic (exact) mass is 238 g/mol. The fourth-order valence-corrected chi connectivity index (χ4v) is 1.18. The molecule has 0 fully saturated rings. The molecule has 0 aromatic rings. The standard InChI is InChI=1S/C10H17F3N2O/c1-9(2,3-4-16)7-15-6-8(5-14)10(11,12)13/h8,15-16H,3-4,6-7H2,1-2H3. The lowest BCUT2D eigenvalue weighted by Gasteiger charge is -2.25. The number of nitriles is 1. The van der Waals surface area contributed by atoms with Crippen LogP contribution in [0.15, 0.2) is 0 Å². The molecular weight excluding hydrogens is 221 g/mol. The molecule has 0 rings (SSSR count). The highest BCUT2D eigenvalue weighted by Gasteiger charge is 2.39. The molecule has 0 saturated carbocycles. The first-order valence-electron chi connectivity index (χ1n) is 5.01. The van der Waals surface area contributed by atoms with Gasteiger partial charge < -0.3 is 10.4 Å². The lowest BCUT2D eigenvalue weighted by Crippen LogP contribution is -2.37. The summed E-state index contributed by atoms with van der Waals surface area (Å²) in [5.74, 6) is -1.97. The number of aliphatic hydroxyl groups excluding tert-OH is 1. The molecule has 94 valence electrons. The summed E-state index contributed by atoms with van der Waals surface area (Å²) >= 11 is 0. The van der Waals surface area contributed by atoms with Gasteiger partial charge in [0.25, 0.3) is 0 Å². The first kappa shape index (κ1) is 15.2. The van der Waals surface area contributed by atoms with E-state index in [0.29, 0.717) is 13.0 Å². The van der Waals surface area contributed by atoms with E-state index in [-0.39, 0.29) is 12.0 Å². The number of aliphatic hydroxyl groups is 1. The van der Waals surface area contributed by atoms with Crippen LogP contribution in [0.25, 0.3) is 0 Å². The quantitative estimate of drug-likeness (QED) is 0.740. The third-order valence-corrected chi connectivity index (χ3v) is 2.29. The molecule has 0 amide bonds. The van der Waals surface area contributed by atoms with Crippen LogP contribution in [-0.4, -0.2) is 31.0 Å². The van der Waals surface area contributed by atoms with Crippen molar-refractivity contribution in [2.75, 3.05) is 19.7 Å². The van der Waals surface area contributed by atoms with Crippen molar-refractivity contribution in [1.82, 2.24) is 5.32 Å². The molecule has 0 radical (unpaired) electrons. The van der Waals surface area contributed by atoms with Gasteiger partial charge in [-0.1, -0.05) is 13.8 Å². The molecule has 0 aliphatic carbocycles. The molecule has 0 heterocycles. The maximum absolute atomic E-state index is 12.2. The molecule has 16 heavy (non-hydrogen) atoms. The molecule has 0 aromatic heterocycles. The molecule has 2 N–H and O–H groups in total. The Morgan fingerprint density at radius 3 is 2.31 bits per heavy atom. The van der Waals surface area contributed by atoms with E-state index in [4.69, 9.17) is 10.4 Å². The fraction of sp³-hybridized carbons (Fsp3) is 0.900. The highest BCUT2D eigenvalue weighted by molar-refractivity contribution is 4.90. The Morgan fingerprint density at radius 2 is 1.94 bits per heavy atom. The Kier molecular flexibility index (Phi) is 5.76. The van der Waals surface area contributed by atoms with Crippen molar-refractivity contribution in [2.45, 2.75) is 26.4 Å². The van der Waals surface area contributed by atoms with Gasteiger partial charge >= 0.3 is 6.18 Å². The summed E-state index contributed by atoms with van der Waals surface area (Å²) in [6.45, 7) is 3.60. The van der Waals surface area contributed by atoms with Crippen LogP contribution < -0.4 is 5.32 Å². The van der Waals surface area contributed by atoms with Crippen molar-refractivity contribution in [1.29, 1.82) is 5.26 Å². The average molecular weight is 238 g/mol. The second kappa shape index (κ2) is 6.06. The smallest absolute Gasteiger partial charge is 0.396 e. The van der Waals surface area contributed by atoms with Gasteiger partial charge in [0, 0.05) is 19.7 Å². The van der Waals surface area contributed by atoms with Crippen LogP contribution in [0, 0.1) is 22.7 Å². The van der Waals surface area contributed by atoms with Crippen molar-refractivity contribution in [2.24, 2.45) is 11.3 Å². The zero-order valence-corrected chi connectivity index (χ0v) is 9.43. The van der Waals surface area contributed by atoms with E-state index < -0.39 is 18.6 Å². The number of nitrogens with zero attached hydrogens (tertiary/aromatic N) is 1. The van der Waals surface area contributed by atoms with Crippen LogP contribution >= 0.6 is 0 Å². The van der Waals surface area contributed by atoms with E-state index in [2.05, 4.69) is 5.32 Å². The minimum absolute atomic E-state index is 0.00434. The lowest BCUT2D eigenvalue weighted by molar-refractivity contribution is -0.157. The molecular formula is C10H17F3N2O. The predicted octanol–water partition coefficient (Wildman–Crippen LogP) is 1.69. The van der Waals surface area contributed by atoms with Crippen LogP contribution in [0.5, 0.6) is 0 Å². The van der Waals surface area contributed by atoms with E-state index in [1.54, 1.807) is 0 Å². The van der Waals surface area contributed by atoms with Gasteiger partial charge in [0.15, 0.2) is 5.92 Å². The van der Waals surface area contributed by atoms with E-state index in [9.17, 15) is 13.2 Å². The summed E-state index contributed by atoms with van der Waals surface area (Å²) in [6, 6.07) is 1.22. The average Bonchev–Trinajstić information content (AvgIpc) is 2.10. The van der Waals surface area contributed by atoms with Gasteiger partial charge in [0.1, 0.15) is 0 Å². The number of rotatable bonds is 6. The molecule has 0 saturated heterocycles. The largest absolute Gasteiger partial charge is 0.405 e. The first-order valence-corrected chi connectivity index (χ1v) is 5.01. The second-order valence-corrected chi connectivity index (χ2v) is 4.49. The topological polar surface area (TPSA) is 56.0 Å². The molecule has 0 aliphatic heterocycles. The molecule has 0 aliphatic rings. The van der Waals surface area contributed by atoms with Crippen LogP contribution in [-0.2, 0) is 0 Å². The molecule has 1 atom stereocenters. The van der Waals surface area contributed by atoms with Crippen molar-refractivity contribution < 1.29 is 18.3 Å². The maximum atomic E-state index is 12.2. The van der Waals surface area contributed by atoms with E-state index in [0.717, 1.165) is 0 Å². The Labute approximate surface area is 93.3 Å². The Morgan fingerprint density at radius 1 is 1.38 bits per heavy atom. The van der Waals surface area contributed by atoms with E-state index >= 15 is 0 Å². The van der Waals surface area contributed by atoms with Gasteiger partial charge in [0.2, 0.25) is 0 Å². The number of halogens is 3. The lowest BCUT2D eigenvalue weighted by atomic mass is 9.89. The fourth-order valence-electron chi connectivity index (χ4n) is 1.18. The molecule has 0 spiro atoms. The summed E-state index contributed by atoms with van der Waals surface area (Å²) in [7, 11) is 0. The predicted molar refractivity (Wildman–Crippen MR) is 53.5 cm³/mol. The number of hydrogen-bond donors (Lipinski definition) is 2.